The Hall–Kier alpha value is -3.39. The third-order valence-electron chi connectivity index (χ3n) is 4.14. The van der Waals surface area contributed by atoms with E-state index < -0.39 is 0 Å². The normalized spacial score (nSPS) is 13.0. The molecule has 0 atom stereocenters. The van der Waals surface area contributed by atoms with Crippen LogP contribution in [0.5, 0.6) is 0 Å². The Balaban J connectivity index is 1.47. The van der Waals surface area contributed by atoms with Gasteiger partial charge in [-0.2, -0.15) is 0 Å². The smallest absolute Gasteiger partial charge is 0.261 e. The van der Waals surface area contributed by atoms with Crippen LogP contribution in [-0.2, 0) is 6.54 Å². The monoisotopic (exact) mass is 378 g/mol. The van der Waals surface area contributed by atoms with Crippen molar-refractivity contribution < 1.29 is 14.4 Å². The number of benzene rings is 2. The fourth-order valence-electron chi connectivity index (χ4n) is 2.84. The zero-order chi connectivity index (χ0) is 19.0. The summed E-state index contributed by atoms with van der Waals surface area (Å²) in [6, 6.07) is 13.9. The Morgan fingerprint density at radius 1 is 1.04 bits per heavy atom. The van der Waals surface area contributed by atoms with Gasteiger partial charge in [-0.05, 0) is 31.2 Å². The lowest BCUT2D eigenvalue weighted by Crippen LogP contribution is -2.29. The Morgan fingerprint density at radius 3 is 2.41 bits per heavy atom. The number of hydrogen-bond acceptors (Lipinski definition) is 6. The molecule has 27 heavy (non-hydrogen) atoms. The summed E-state index contributed by atoms with van der Waals surface area (Å²) in [5.74, 6) is -0.991. The highest BCUT2D eigenvalue weighted by Crippen LogP contribution is 2.26. The quantitative estimate of drug-likeness (QED) is 0.705. The molecule has 134 valence electrons. The Morgan fingerprint density at radius 2 is 1.74 bits per heavy atom. The molecule has 1 aliphatic heterocycles. The van der Waals surface area contributed by atoms with E-state index in [-0.39, 0.29) is 24.3 Å². The molecule has 0 aliphatic carbocycles. The van der Waals surface area contributed by atoms with Crippen LogP contribution in [0.3, 0.4) is 0 Å². The molecule has 0 bridgehead atoms. The average Bonchev–Trinajstić information content (AvgIpc) is 3.20. The highest BCUT2D eigenvalue weighted by Gasteiger charge is 2.35. The summed E-state index contributed by atoms with van der Waals surface area (Å²) in [7, 11) is 0. The number of fused-ring (bicyclic) bond motifs is 1. The van der Waals surface area contributed by atoms with Crippen molar-refractivity contribution in [1.29, 1.82) is 0 Å². The summed E-state index contributed by atoms with van der Waals surface area (Å²) in [4.78, 5) is 38.2. The van der Waals surface area contributed by atoms with Gasteiger partial charge in [-0.25, -0.2) is 0 Å². The van der Waals surface area contributed by atoms with Crippen LogP contribution in [0.2, 0.25) is 0 Å². The molecule has 2 aromatic carbocycles. The number of hydrogen-bond donors (Lipinski definition) is 1. The van der Waals surface area contributed by atoms with Crippen LogP contribution in [0.4, 0.5) is 5.13 Å². The fourth-order valence-corrected chi connectivity index (χ4v) is 3.57. The highest BCUT2D eigenvalue weighted by atomic mass is 32.1. The van der Waals surface area contributed by atoms with Crippen molar-refractivity contribution in [3.63, 3.8) is 0 Å². The minimum atomic E-state index is -0.351. The van der Waals surface area contributed by atoms with Gasteiger partial charge in [0, 0.05) is 5.56 Å². The standard InChI is InChI=1S/C19H14N4O3S/c1-11-5-4-6-12(9-11)16(24)20-19-22-21-15(27-19)10-23-17(25)13-7-2-3-8-14(13)18(23)26/h2-9H,10H2,1H3,(H,20,22,24). The van der Waals surface area contributed by atoms with Crippen molar-refractivity contribution in [2.45, 2.75) is 13.5 Å². The summed E-state index contributed by atoms with van der Waals surface area (Å²) in [5.41, 5.74) is 2.28. The maximum atomic E-state index is 12.4. The number of carbonyl (C=O) groups excluding carboxylic acids is 3. The van der Waals surface area contributed by atoms with E-state index in [1.54, 1.807) is 42.5 Å². The second kappa shape index (κ2) is 6.73. The third kappa shape index (κ3) is 3.22. The van der Waals surface area contributed by atoms with Gasteiger partial charge in [-0.15, -0.1) is 10.2 Å². The highest BCUT2D eigenvalue weighted by molar-refractivity contribution is 7.15. The molecular formula is C19H14N4O3S. The largest absolute Gasteiger partial charge is 0.296 e. The molecule has 2 heterocycles. The number of carbonyl (C=O) groups is 3. The van der Waals surface area contributed by atoms with Gasteiger partial charge >= 0.3 is 0 Å². The fraction of sp³-hybridized carbons (Fsp3) is 0.105. The molecule has 0 radical (unpaired) electrons. The van der Waals surface area contributed by atoms with Crippen LogP contribution in [0.15, 0.2) is 48.5 Å². The van der Waals surface area contributed by atoms with Crippen LogP contribution in [0.1, 0.15) is 41.6 Å². The van der Waals surface area contributed by atoms with E-state index in [4.69, 9.17) is 0 Å². The molecule has 1 aromatic heterocycles. The summed E-state index contributed by atoms with van der Waals surface area (Å²) in [6.45, 7) is 1.92. The minimum Gasteiger partial charge on any atom is -0.296 e. The zero-order valence-electron chi connectivity index (χ0n) is 14.3. The molecule has 0 fully saturated rings. The Kier molecular flexibility index (Phi) is 4.25. The number of rotatable bonds is 4. The first kappa shape index (κ1) is 17.0. The van der Waals surface area contributed by atoms with E-state index in [1.807, 2.05) is 13.0 Å². The third-order valence-corrected chi connectivity index (χ3v) is 4.96. The number of nitrogens with one attached hydrogen (secondary N) is 1. The van der Waals surface area contributed by atoms with E-state index in [2.05, 4.69) is 15.5 Å². The van der Waals surface area contributed by atoms with Crippen LogP contribution >= 0.6 is 11.3 Å². The van der Waals surface area contributed by atoms with Gasteiger partial charge < -0.3 is 0 Å². The maximum Gasteiger partial charge on any atom is 0.261 e. The predicted octanol–water partition coefficient (Wildman–Crippen LogP) is 2.90. The molecule has 3 amide bonds. The van der Waals surface area contributed by atoms with Crippen molar-refractivity contribution in [3.05, 3.63) is 75.8 Å². The van der Waals surface area contributed by atoms with Crippen LogP contribution in [0, 0.1) is 6.92 Å². The lowest BCUT2D eigenvalue weighted by Gasteiger charge is -2.10. The Labute approximate surface area is 158 Å². The zero-order valence-corrected chi connectivity index (χ0v) is 15.1. The van der Waals surface area contributed by atoms with Gasteiger partial charge in [0.05, 0.1) is 17.7 Å². The second-order valence-electron chi connectivity index (χ2n) is 6.07. The first-order valence-corrected chi connectivity index (χ1v) is 9.00. The van der Waals surface area contributed by atoms with Gasteiger partial charge in [0.2, 0.25) is 5.13 Å². The molecule has 3 aromatic rings. The van der Waals surface area contributed by atoms with E-state index in [1.165, 1.54) is 0 Å². The van der Waals surface area contributed by atoms with Gasteiger partial charge in [-0.1, -0.05) is 41.2 Å². The number of amides is 3. The minimum absolute atomic E-state index is 0.0182. The van der Waals surface area contributed by atoms with Gasteiger partial charge in [-0.3, -0.25) is 24.6 Å². The molecule has 7 nitrogen and oxygen atoms in total. The van der Waals surface area contributed by atoms with Crippen LogP contribution in [0.25, 0.3) is 0 Å². The van der Waals surface area contributed by atoms with Crippen molar-refractivity contribution in [2.24, 2.45) is 0 Å². The summed E-state index contributed by atoms with van der Waals surface area (Å²) < 4.78 is 0. The average molecular weight is 378 g/mol. The molecule has 0 saturated heterocycles. The second-order valence-corrected chi connectivity index (χ2v) is 7.13. The SMILES string of the molecule is Cc1cccc(C(=O)Nc2nnc(CN3C(=O)c4ccccc4C3=O)s2)c1. The van der Waals surface area contributed by atoms with Gasteiger partial charge in [0.25, 0.3) is 17.7 Å². The van der Waals surface area contributed by atoms with Crippen molar-refractivity contribution in [3.8, 4) is 0 Å². The topological polar surface area (TPSA) is 92.3 Å². The maximum absolute atomic E-state index is 12.4. The first-order chi connectivity index (χ1) is 13.0. The summed E-state index contributed by atoms with van der Waals surface area (Å²) in [5, 5.41) is 11.4. The molecule has 0 spiro atoms. The molecule has 0 saturated carbocycles. The number of aromatic nitrogens is 2. The molecule has 0 unspecified atom stereocenters. The molecular weight excluding hydrogens is 364 g/mol. The van der Waals surface area contributed by atoms with Crippen molar-refractivity contribution >= 4 is 34.2 Å². The van der Waals surface area contributed by atoms with Crippen molar-refractivity contribution in [2.75, 3.05) is 5.32 Å². The van der Waals surface area contributed by atoms with Gasteiger partial charge in [0.15, 0.2) is 0 Å². The first-order valence-electron chi connectivity index (χ1n) is 8.18. The van der Waals surface area contributed by atoms with E-state index in [0.717, 1.165) is 21.8 Å². The molecule has 8 heteroatoms. The van der Waals surface area contributed by atoms with E-state index >= 15 is 0 Å². The van der Waals surface area contributed by atoms with E-state index in [9.17, 15) is 14.4 Å². The number of anilines is 1. The lowest BCUT2D eigenvalue weighted by atomic mass is 10.1. The lowest BCUT2D eigenvalue weighted by molar-refractivity contribution is 0.0641. The number of aryl methyl sites for hydroxylation is 1. The Bertz CT molecular complexity index is 1040. The summed E-state index contributed by atoms with van der Waals surface area (Å²) >= 11 is 1.13. The van der Waals surface area contributed by atoms with E-state index in [0.29, 0.717) is 26.8 Å². The molecule has 1 aliphatic rings. The molecule has 4 rings (SSSR count). The van der Waals surface area contributed by atoms with Gasteiger partial charge in [0.1, 0.15) is 5.01 Å². The molecule has 1 N–H and O–H groups in total. The van der Waals surface area contributed by atoms with Crippen molar-refractivity contribution in [1.82, 2.24) is 15.1 Å². The number of imide groups is 1. The van der Waals surface area contributed by atoms with Crippen LogP contribution in [-0.4, -0.2) is 32.8 Å². The summed E-state index contributed by atoms with van der Waals surface area (Å²) in [6.07, 6.45) is 0. The predicted molar refractivity (Wildman–Crippen MR) is 99.7 cm³/mol. The van der Waals surface area contributed by atoms with Crippen LogP contribution < -0.4 is 5.32 Å². The number of nitrogens with zero attached hydrogens (tertiary/aromatic N) is 3.